The molecule has 0 bridgehead atoms. The van der Waals surface area contributed by atoms with Gasteiger partial charge in [0.2, 0.25) is 0 Å². The Morgan fingerprint density at radius 2 is 1.88 bits per heavy atom. The van der Waals surface area contributed by atoms with E-state index in [0.29, 0.717) is 6.54 Å². The van der Waals surface area contributed by atoms with E-state index >= 15 is 0 Å². The van der Waals surface area contributed by atoms with Crippen molar-refractivity contribution in [2.24, 2.45) is 5.41 Å². The van der Waals surface area contributed by atoms with Crippen LogP contribution in [0, 0.1) is 17.0 Å². The summed E-state index contributed by atoms with van der Waals surface area (Å²) in [4.78, 5) is 0. The molecule has 0 amide bonds. The molecule has 0 aliphatic heterocycles. The molecule has 0 saturated carbocycles. The maximum absolute atomic E-state index is 13.4. The van der Waals surface area contributed by atoms with Crippen molar-refractivity contribution in [1.29, 1.82) is 0 Å². The number of rotatable bonds is 6. The lowest BCUT2D eigenvalue weighted by molar-refractivity contribution is 0.127. The van der Waals surface area contributed by atoms with Crippen LogP contribution in [0.4, 0.5) is 14.5 Å². The highest BCUT2D eigenvalue weighted by Gasteiger charge is 2.25. The Balaban J connectivity index is 2.75. The largest absolute Gasteiger partial charge is 0.396 e. The minimum atomic E-state index is -0.869. The van der Waals surface area contributed by atoms with Crippen LogP contribution in [0.2, 0.25) is 0 Å². The SMILES string of the molecule is CCC(CC)(CO)CNc1cccc(F)c1F. The molecule has 0 unspecified atom stereocenters. The van der Waals surface area contributed by atoms with Crippen LogP contribution < -0.4 is 5.32 Å². The van der Waals surface area contributed by atoms with Crippen LogP contribution in [0.15, 0.2) is 18.2 Å². The van der Waals surface area contributed by atoms with E-state index in [1.165, 1.54) is 12.1 Å². The Morgan fingerprint density at radius 3 is 2.41 bits per heavy atom. The summed E-state index contributed by atoms with van der Waals surface area (Å²) in [6.45, 7) is 4.41. The molecule has 0 fully saturated rings. The minimum Gasteiger partial charge on any atom is -0.396 e. The number of anilines is 1. The third-order valence-electron chi connectivity index (χ3n) is 3.44. The van der Waals surface area contributed by atoms with Crippen molar-refractivity contribution < 1.29 is 13.9 Å². The molecule has 2 N–H and O–H groups in total. The van der Waals surface area contributed by atoms with Gasteiger partial charge < -0.3 is 10.4 Å². The molecule has 1 aromatic carbocycles. The Kier molecular flexibility index (Phi) is 4.87. The van der Waals surface area contributed by atoms with E-state index in [-0.39, 0.29) is 17.7 Å². The number of benzene rings is 1. The maximum Gasteiger partial charge on any atom is 0.181 e. The number of aliphatic hydroxyl groups excluding tert-OH is 1. The molecule has 0 saturated heterocycles. The summed E-state index contributed by atoms with van der Waals surface area (Å²) in [6.07, 6.45) is 1.56. The molecule has 0 radical (unpaired) electrons. The van der Waals surface area contributed by atoms with Crippen LogP contribution in [0.3, 0.4) is 0 Å². The second-order valence-corrected chi connectivity index (χ2v) is 4.32. The monoisotopic (exact) mass is 243 g/mol. The van der Waals surface area contributed by atoms with Crippen molar-refractivity contribution in [3.8, 4) is 0 Å². The van der Waals surface area contributed by atoms with Crippen molar-refractivity contribution in [3.05, 3.63) is 29.8 Å². The zero-order valence-electron chi connectivity index (χ0n) is 10.3. The van der Waals surface area contributed by atoms with Gasteiger partial charge in [0.25, 0.3) is 0 Å². The van der Waals surface area contributed by atoms with Gasteiger partial charge in [-0.05, 0) is 25.0 Å². The first kappa shape index (κ1) is 13.9. The van der Waals surface area contributed by atoms with Gasteiger partial charge in [-0.1, -0.05) is 19.9 Å². The van der Waals surface area contributed by atoms with Gasteiger partial charge in [0, 0.05) is 12.0 Å². The number of hydrogen-bond acceptors (Lipinski definition) is 2. The smallest absolute Gasteiger partial charge is 0.181 e. The number of aliphatic hydroxyl groups is 1. The normalized spacial score (nSPS) is 11.6. The van der Waals surface area contributed by atoms with Gasteiger partial charge in [0.05, 0.1) is 12.3 Å². The number of hydrogen-bond donors (Lipinski definition) is 2. The van der Waals surface area contributed by atoms with E-state index in [9.17, 15) is 13.9 Å². The quantitative estimate of drug-likeness (QED) is 0.804. The van der Waals surface area contributed by atoms with Gasteiger partial charge in [0.15, 0.2) is 11.6 Å². The molecule has 96 valence electrons. The maximum atomic E-state index is 13.4. The summed E-state index contributed by atoms with van der Waals surface area (Å²) in [7, 11) is 0. The molecule has 0 aliphatic rings. The third-order valence-corrected chi connectivity index (χ3v) is 3.44. The predicted octanol–water partition coefficient (Wildman–Crippen LogP) is 3.18. The van der Waals surface area contributed by atoms with Crippen molar-refractivity contribution in [2.45, 2.75) is 26.7 Å². The zero-order chi connectivity index (χ0) is 12.9. The molecule has 0 aliphatic carbocycles. The number of nitrogens with one attached hydrogen (secondary N) is 1. The van der Waals surface area contributed by atoms with Crippen LogP contribution in [-0.2, 0) is 0 Å². The fourth-order valence-electron chi connectivity index (χ4n) is 1.70. The van der Waals surface area contributed by atoms with Gasteiger partial charge in [-0.2, -0.15) is 0 Å². The zero-order valence-corrected chi connectivity index (χ0v) is 10.3. The van der Waals surface area contributed by atoms with Crippen LogP contribution in [0.5, 0.6) is 0 Å². The van der Waals surface area contributed by atoms with Crippen LogP contribution in [0.1, 0.15) is 26.7 Å². The average Bonchev–Trinajstić information content (AvgIpc) is 2.36. The molecule has 2 nitrogen and oxygen atoms in total. The molecule has 0 heterocycles. The summed E-state index contributed by atoms with van der Waals surface area (Å²) in [5.74, 6) is -1.73. The van der Waals surface area contributed by atoms with Gasteiger partial charge in [-0.3, -0.25) is 0 Å². The van der Waals surface area contributed by atoms with Crippen LogP contribution >= 0.6 is 0 Å². The van der Waals surface area contributed by atoms with E-state index in [4.69, 9.17) is 0 Å². The lowest BCUT2D eigenvalue weighted by Gasteiger charge is -2.30. The molecule has 0 spiro atoms. The summed E-state index contributed by atoms with van der Waals surface area (Å²) < 4.78 is 26.4. The topological polar surface area (TPSA) is 32.3 Å². The summed E-state index contributed by atoms with van der Waals surface area (Å²) in [5.41, 5.74) is -0.136. The van der Waals surface area contributed by atoms with E-state index < -0.39 is 11.6 Å². The van der Waals surface area contributed by atoms with Crippen molar-refractivity contribution in [2.75, 3.05) is 18.5 Å². The van der Waals surface area contributed by atoms with Crippen molar-refractivity contribution >= 4 is 5.69 Å². The van der Waals surface area contributed by atoms with E-state index in [1.807, 2.05) is 13.8 Å². The highest BCUT2D eigenvalue weighted by molar-refractivity contribution is 5.45. The highest BCUT2D eigenvalue weighted by Crippen LogP contribution is 2.27. The van der Waals surface area contributed by atoms with Gasteiger partial charge in [0.1, 0.15) is 0 Å². The molecular formula is C13H19F2NO. The van der Waals surface area contributed by atoms with Crippen molar-refractivity contribution in [1.82, 2.24) is 0 Å². The Morgan fingerprint density at radius 1 is 1.24 bits per heavy atom. The first-order valence-corrected chi connectivity index (χ1v) is 5.87. The fraction of sp³-hybridized carbons (Fsp3) is 0.538. The summed E-state index contributed by atoms with van der Waals surface area (Å²) in [5, 5.41) is 12.2. The first-order valence-electron chi connectivity index (χ1n) is 5.87. The summed E-state index contributed by atoms with van der Waals surface area (Å²) in [6, 6.07) is 4.03. The average molecular weight is 243 g/mol. The molecule has 1 rings (SSSR count). The second-order valence-electron chi connectivity index (χ2n) is 4.32. The lowest BCUT2D eigenvalue weighted by atomic mass is 9.83. The fourth-order valence-corrected chi connectivity index (χ4v) is 1.70. The summed E-state index contributed by atoms with van der Waals surface area (Å²) >= 11 is 0. The third kappa shape index (κ3) is 3.16. The Hall–Kier alpha value is -1.16. The molecular weight excluding hydrogens is 224 g/mol. The minimum absolute atomic E-state index is 0.0317. The van der Waals surface area contributed by atoms with Crippen molar-refractivity contribution in [3.63, 3.8) is 0 Å². The van der Waals surface area contributed by atoms with Crippen LogP contribution in [-0.4, -0.2) is 18.3 Å². The van der Waals surface area contributed by atoms with E-state index in [0.717, 1.165) is 18.9 Å². The van der Waals surface area contributed by atoms with Gasteiger partial charge in [-0.15, -0.1) is 0 Å². The van der Waals surface area contributed by atoms with Gasteiger partial charge >= 0.3 is 0 Å². The Labute approximate surface area is 101 Å². The van der Waals surface area contributed by atoms with E-state index in [2.05, 4.69) is 5.32 Å². The first-order chi connectivity index (χ1) is 8.08. The molecule has 1 aromatic rings. The molecule has 17 heavy (non-hydrogen) atoms. The standard InChI is InChI=1S/C13H19F2NO/c1-3-13(4-2,9-17)8-16-11-7-5-6-10(14)12(11)15/h5-7,16-17H,3-4,8-9H2,1-2H3. The molecule has 0 aromatic heterocycles. The second kappa shape index (κ2) is 5.96. The molecule has 0 atom stereocenters. The molecule has 4 heteroatoms. The van der Waals surface area contributed by atoms with Crippen LogP contribution in [0.25, 0.3) is 0 Å². The predicted molar refractivity (Wildman–Crippen MR) is 64.9 cm³/mol. The number of halogens is 2. The van der Waals surface area contributed by atoms with E-state index in [1.54, 1.807) is 0 Å². The lowest BCUT2D eigenvalue weighted by Crippen LogP contribution is -2.32. The van der Waals surface area contributed by atoms with Gasteiger partial charge in [-0.25, -0.2) is 8.78 Å². The Bertz CT molecular complexity index is 356. The highest BCUT2D eigenvalue weighted by atomic mass is 19.2.